The minimum Gasteiger partial charge on any atom is 0 e. The minimum absolute atomic E-state index is 0. The van der Waals surface area contributed by atoms with Gasteiger partial charge in [0.15, 0.2) is 0 Å². The summed E-state index contributed by atoms with van der Waals surface area (Å²) in [6, 6.07) is 0. The smallest absolute Gasteiger partial charge is 0 e. The van der Waals surface area contributed by atoms with Crippen LogP contribution in [0.15, 0.2) is 0 Å². The van der Waals surface area contributed by atoms with Crippen molar-refractivity contribution in [1.29, 1.82) is 0 Å². The summed E-state index contributed by atoms with van der Waals surface area (Å²) in [7, 11) is 0. The van der Waals surface area contributed by atoms with Crippen LogP contribution in [-0.2, 0) is 34.1 Å². The Morgan fingerprint density at radius 3 is 0.222 bits per heavy atom. The van der Waals surface area contributed by atoms with E-state index in [0.717, 1.165) is 0 Å². The molecule has 0 saturated carbocycles. The zero-order valence-electron chi connectivity index (χ0n) is 4.75. The maximum atomic E-state index is 0. The van der Waals surface area contributed by atoms with Gasteiger partial charge in [-0.15, -0.1) is 0 Å². The van der Waals surface area contributed by atoms with E-state index < -0.39 is 0 Å². The summed E-state index contributed by atoms with van der Waals surface area (Å²) in [6.07, 6.45) is 0. The molecule has 21 radical (unpaired) electrons. The van der Waals surface area contributed by atoms with E-state index in [4.69, 9.17) is 0 Å². The van der Waals surface area contributed by atoms with E-state index in [0.29, 0.717) is 0 Å². The molecular weight excluding hydrogens is 301 g/mol. The molecule has 0 aromatic carbocycles. The van der Waals surface area contributed by atoms with Crippen LogP contribution in [-0.4, -0.2) is 122 Å². The summed E-state index contributed by atoms with van der Waals surface area (Å²) in [6.45, 7) is 0. The van der Waals surface area contributed by atoms with Gasteiger partial charge in [-0.05, 0) is 0 Å². The molecule has 0 unspecified atom stereocenters. The second-order valence-electron chi connectivity index (χ2n) is 0. The van der Waals surface area contributed by atoms with Crippen molar-refractivity contribution in [3.8, 4) is 0 Å². The molecule has 9 heavy (non-hydrogen) atoms. The molecule has 0 N–H and O–H groups in total. The predicted octanol–water partition coefficient (Wildman–Crippen LogP) is -2.67. The molecule has 0 saturated heterocycles. The molecule has 0 amide bonds. The molecule has 37 valence electrons. The monoisotopic (exact) mass is 301 g/mol. The van der Waals surface area contributed by atoms with Crippen molar-refractivity contribution in [1.82, 2.24) is 0 Å². The largest absolute Gasteiger partial charge is 0 e. The molecular formula is Al7Fe2. The summed E-state index contributed by atoms with van der Waals surface area (Å²) in [5.41, 5.74) is 0. The maximum Gasteiger partial charge on any atom is 0 e. The zero-order valence-corrected chi connectivity index (χ0v) is 15.0. The van der Waals surface area contributed by atoms with Gasteiger partial charge in [0.25, 0.3) is 0 Å². The van der Waals surface area contributed by atoms with Crippen LogP contribution in [0, 0.1) is 0 Å². The Kier molecular flexibility index (Phi) is 854. The van der Waals surface area contributed by atoms with Crippen molar-refractivity contribution in [2.75, 3.05) is 0 Å². The molecule has 0 fully saturated rings. The fourth-order valence-corrected chi connectivity index (χ4v) is 0. The maximum absolute atomic E-state index is 0. The molecule has 0 aliphatic rings. The molecule has 0 spiro atoms. The first-order chi connectivity index (χ1) is 0. The average Bonchev–Trinajstić information content (AvgIpc) is 0. The van der Waals surface area contributed by atoms with E-state index in [-0.39, 0.29) is 156 Å². The van der Waals surface area contributed by atoms with Crippen molar-refractivity contribution in [2.45, 2.75) is 0 Å². The Hall–Kier alpha value is 4.77. The molecule has 0 heterocycles. The van der Waals surface area contributed by atoms with Gasteiger partial charge in [-0.25, -0.2) is 0 Å². The molecule has 0 aromatic heterocycles. The van der Waals surface area contributed by atoms with Gasteiger partial charge in [0.1, 0.15) is 0 Å². The summed E-state index contributed by atoms with van der Waals surface area (Å²) >= 11 is 0. The average molecular weight is 301 g/mol. The Balaban J connectivity index is 0. The minimum atomic E-state index is 0. The Morgan fingerprint density at radius 1 is 0.222 bits per heavy atom. The van der Waals surface area contributed by atoms with E-state index >= 15 is 0 Å². The van der Waals surface area contributed by atoms with Crippen LogP contribution < -0.4 is 0 Å². The van der Waals surface area contributed by atoms with Gasteiger partial charge < -0.3 is 0 Å². The number of rotatable bonds is 0. The fourth-order valence-electron chi connectivity index (χ4n) is 0. The molecule has 0 aliphatic heterocycles. The molecule has 0 aliphatic carbocycles. The summed E-state index contributed by atoms with van der Waals surface area (Å²) in [5.74, 6) is 0. The van der Waals surface area contributed by atoms with Crippen LogP contribution in [0.2, 0.25) is 0 Å². The molecule has 0 aromatic rings. The van der Waals surface area contributed by atoms with E-state index in [2.05, 4.69) is 0 Å². The predicted molar refractivity (Wildman–Crippen MR) is 40.3 cm³/mol. The van der Waals surface area contributed by atoms with E-state index in [9.17, 15) is 0 Å². The van der Waals surface area contributed by atoms with Gasteiger partial charge in [-0.3, -0.25) is 0 Å². The third-order valence-electron chi connectivity index (χ3n) is 0. The van der Waals surface area contributed by atoms with Gasteiger partial charge in [0, 0.05) is 156 Å². The van der Waals surface area contributed by atoms with Gasteiger partial charge in [-0.1, -0.05) is 0 Å². The molecule has 9 heteroatoms. The second kappa shape index (κ2) is 77.8. The quantitative estimate of drug-likeness (QED) is 0.428. The van der Waals surface area contributed by atoms with Crippen molar-refractivity contribution in [3.63, 3.8) is 0 Å². The molecule has 0 bridgehead atoms. The van der Waals surface area contributed by atoms with Crippen molar-refractivity contribution >= 4 is 122 Å². The second-order valence-corrected chi connectivity index (χ2v) is 0. The normalized spacial score (nSPS) is 0. The molecule has 0 nitrogen and oxygen atoms in total. The summed E-state index contributed by atoms with van der Waals surface area (Å²) in [4.78, 5) is 0. The van der Waals surface area contributed by atoms with Crippen LogP contribution in [0.4, 0.5) is 0 Å². The van der Waals surface area contributed by atoms with Crippen LogP contribution in [0.25, 0.3) is 0 Å². The molecule has 0 rings (SSSR count). The van der Waals surface area contributed by atoms with Gasteiger partial charge in [0.2, 0.25) is 0 Å². The number of hydrogen-bond donors (Lipinski definition) is 0. The Labute approximate surface area is 153 Å². The number of hydrogen-bond acceptors (Lipinski definition) is 0. The van der Waals surface area contributed by atoms with E-state index in [1.807, 2.05) is 0 Å². The van der Waals surface area contributed by atoms with Gasteiger partial charge >= 0.3 is 0 Å². The topological polar surface area (TPSA) is 0 Å². The summed E-state index contributed by atoms with van der Waals surface area (Å²) in [5, 5.41) is 0. The van der Waals surface area contributed by atoms with Crippen LogP contribution >= 0.6 is 0 Å². The van der Waals surface area contributed by atoms with Crippen LogP contribution in [0.1, 0.15) is 0 Å². The first-order valence-electron chi connectivity index (χ1n) is 0. The van der Waals surface area contributed by atoms with Crippen molar-refractivity contribution in [2.24, 2.45) is 0 Å². The Bertz CT molecular complexity index is 6.88. The summed E-state index contributed by atoms with van der Waals surface area (Å²) < 4.78 is 0. The fraction of sp³-hybridized carbons (Fsp3) is 0. The van der Waals surface area contributed by atoms with Crippen molar-refractivity contribution < 1.29 is 34.1 Å². The SMILES string of the molecule is [Al].[Al].[Al].[Al].[Al].[Al].[Al].[Fe].[Fe]. The third kappa shape index (κ3) is 65.1. The van der Waals surface area contributed by atoms with E-state index in [1.165, 1.54) is 0 Å². The zero-order chi connectivity index (χ0) is 0. The van der Waals surface area contributed by atoms with Crippen molar-refractivity contribution in [3.05, 3.63) is 0 Å². The van der Waals surface area contributed by atoms with Gasteiger partial charge in [0.05, 0.1) is 0 Å². The standard InChI is InChI=1S/7Al.2Fe. The third-order valence-corrected chi connectivity index (χ3v) is 0. The van der Waals surface area contributed by atoms with Crippen LogP contribution in [0.5, 0.6) is 0 Å². The molecule has 0 atom stereocenters. The van der Waals surface area contributed by atoms with Gasteiger partial charge in [-0.2, -0.15) is 0 Å². The first kappa shape index (κ1) is 98.8. The Morgan fingerprint density at radius 2 is 0.222 bits per heavy atom. The van der Waals surface area contributed by atoms with E-state index in [1.54, 1.807) is 0 Å². The first-order valence-corrected chi connectivity index (χ1v) is 0. The van der Waals surface area contributed by atoms with Crippen LogP contribution in [0.3, 0.4) is 0 Å².